The summed E-state index contributed by atoms with van der Waals surface area (Å²) in [6.07, 6.45) is 0.890. The SMILES string of the molecule is Cc1nnn2c1-c1ccc(Br)cc1C(Nc1cccc(OCCO)c1)CC2. The fourth-order valence-corrected chi connectivity index (χ4v) is 3.90. The third kappa shape index (κ3) is 3.70. The molecule has 2 N–H and O–H groups in total. The van der Waals surface area contributed by atoms with Crippen molar-refractivity contribution in [3.8, 4) is 17.0 Å². The summed E-state index contributed by atoms with van der Waals surface area (Å²) in [5.74, 6) is 0.741. The van der Waals surface area contributed by atoms with Crippen LogP contribution in [0.2, 0.25) is 0 Å². The van der Waals surface area contributed by atoms with Crippen LogP contribution in [0.15, 0.2) is 46.9 Å². The van der Waals surface area contributed by atoms with Crippen molar-refractivity contribution in [1.29, 1.82) is 0 Å². The molecule has 1 aromatic heterocycles. The van der Waals surface area contributed by atoms with Crippen molar-refractivity contribution in [2.24, 2.45) is 0 Å². The van der Waals surface area contributed by atoms with E-state index in [1.807, 2.05) is 35.9 Å². The number of nitrogens with one attached hydrogen (secondary N) is 1. The number of hydrogen-bond acceptors (Lipinski definition) is 5. The van der Waals surface area contributed by atoms with Gasteiger partial charge in [0.25, 0.3) is 0 Å². The number of aryl methyl sites for hydroxylation is 2. The molecule has 3 aromatic rings. The summed E-state index contributed by atoms with van der Waals surface area (Å²) >= 11 is 3.61. The average Bonchev–Trinajstić information content (AvgIpc) is 2.96. The van der Waals surface area contributed by atoms with Gasteiger partial charge in [0.2, 0.25) is 0 Å². The Morgan fingerprint density at radius 2 is 2.19 bits per heavy atom. The van der Waals surface area contributed by atoms with Crippen LogP contribution in [0.5, 0.6) is 5.75 Å². The number of rotatable bonds is 5. The standard InChI is InChI=1S/C20H21BrN4O2/c1-13-20-17-6-5-14(21)11-18(17)19(7-8-25(20)24-23-13)22-15-3-2-4-16(12-15)27-10-9-26/h2-6,11-12,19,22,26H,7-10H2,1H3. The highest BCUT2D eigenvalue weighted by Gasteiger charge is 2.25. The lowest BCUT2D eigenvalue weighted by Gasteiger charge is -2.21. The number of fused-ring (bicyclic) bond motifs is 3. The Labute approximate surface area is 166 Å². The van der Waals surface area contributed by atoms with Gasteiger partial charge in [0.1, 0.15) is 12.4 Å². The molecule has 7 heteroatoms. The van der Waals surface area contributed by atoms with E-state index >= 15 is 0 Å². The van der Waals surface area contributed by atoms with Gasteiger partial charge in [-0.1, -0.05) is 33.3 Å². The number of ether oxygens (including phenoxy) is 1. The van der Waals surface area contributed by atoms with Gasteiger partial charge < -0.3 is 15.2 Å². The average molecular weight is 429 g/mol. The second-order valence-corrected chi connectivity index (χ2v) is 7.48. The quantitative estimate of drug-likeness (QED) is 0.643. The molecule has 140 valence electrons. The van der Waals surface area contributed by atoms with Crippen LogP contribution in [0.4, 0.5) is 5.69 Å². The smallest absolute Gasteiger partial charge is 0.121 e. The molecule has 0 bridgehead atoms. The lowest BCUT2D eigenvalue weighted by molar-refractivity contribution is 0.201. The number of aliphatic hydroxyl groups excluding tert-OH is 1. The van der Waals surface area contributed by atoms with Crippen LogP contribution < -0.4 is 10.1 Å². The summed E-state index contributed by atoms with van der Waals surface area (Å²) in [7, 11) is 0. The summed E-state index contributed by atoms with van der Waals surface area (Å²) in [6, 6.07) is 14.3. The maximum absolute atomic E-state index is 8.95. The molecule has 2 heterocycles. The zero-order valence-corrected chi connectivity index (χ0v) is 16.6. The Balaban J connectivity index is 1.68. The van der Waals surface area contributed by atoms with Crippen LogP contribution >= 0.6 is 15.9 Å². The van der Waals surface area contributed by atoms with Gasteiger partial charge in [0, 0.05) is 28.3 Å². The van der Waals surface area contributed by atoms with E-state index in [1.165, 1.54) is 5.56 Å². The van der Waals surface area contributed by atoms with E-state index in [0.29, 0.717) is 0 Å². The number of anilines is 1. The van der Waals surface area contributed by atoms with E-state index in [1.54, 1.807) is 0 Å². The van der Waals surface area contributed by atoms with Crippen LogP contribution in [0.1, 0.15) is 23.7 Å². The molecule has 0 fully saturated rings. The zero-order chi connectivity index (χ0) is 18.8. The third-order valence-corrected chi connectivity index (χ3v) is 5.21. The lowest BCUT2D eigenvalue weighted by atomic mass is 9.96. The van der Waals surface area contributed by atoms with Crippen molar-refractivity contribution in [3.05, 3.63) is 58.2 Å². The third-order valence-electron chi connectivity index (χ3n) is 4.71. The van der Waals surface area contributed by atoms with Gasteiger partial charge in [0.15, 0.2) is 0 Å². The first-order valence-electron chi connectivity index (χ1n) is 8.96. The highest BCUT2D eigenvalue weighted by Crippen LogP contribution is 2.38. The minimum absolute atomic E-state index is 0.000530. The zero-order valence-electron chi connectivity index (χ0n) is 15.0. The molecule has 1 aliphatic rings. The molecule has 27 heavy (non-hydrogen) atoms. The number of halogens is 1. The van der Waals surface area contributed by atoms with Gasteiger partial charge in [0.05, 0.1) is 24.0 Å². The highest BCUT2D eigenvalue weighted by atomic mass is 79.9. The van der Waals surface area contributed by atoms with Crippen LogP contribution in [-0.2, 0) is 6.54 Å². The minimum Gasteiger partial charge on any atom is -0.491 e. The van der Waals surface area contributed by atoms with Gasteiger partial charge in [-0.3, -0.25) is 0 Å². The molecule has 0 amide bonds. The predicted molar refractivity (Wildman–Crippen MR) is 108 cm³/mol. The molecule has 4 rings (SSSR count). The summed E-state index contributed by atoms with van der Waals surface area (Å²) in [4.78, 5) is 0. The van der Waals surface area contributed by atoms with Crippen LogP contribution in [-0.4, -0.2) is 33.3 Å². The van der Waals surface area contributed by atoms with Crippen molar-refractivity contribution < 1.29 is 9.84 Å². The summed E-state index contributed by atoms with van der Waals surface area (Å²) in [5, 5.41) is 21.2. The molecule has 0 radical (unpaired) electrons. The van der Waals surface area contributed by atoms with Crippen molar-refractivity contribution >= 4 is 21.6 Å². The van der Waals surface area contributed by atoms with Gasteiger partial charge in [-0.25, -0.2) is 4.68 Å². The fourth-order valence-electron chi connectivity index (χ4n) is 3.53. The Morgan fingerprint density at radius 3 is 3.04 bits per heavy atom. The Hall–Kier alpha value is -2.38. The monoisotopic (exact) mass is 428 g/mol. The minimum atomic E-state index is 0.000530. The lowest BCUT2D eigenvalue weighted by Crippen LogP contribution is -2.13. The Bertz CT molecular complexity index is 957. The number of aromatic nitrogens is 3. The molecular weight excluding hydrogens is 408 g/mol. The molecule has 0 spiro atoms. The summed E-state index contributed by atoms with van der Waals surface area (Å²) in [6.45, 7) is 3.08. The second-order valence-electron chi connectivity index (χ2n) is 6.56. The molecule has 1 atom stereocenters. The molecule has 1 aliphatic heterocycles. The van der Waals surface area contributed by atoms with Crippen molar-refractivity contribution in [2.75, 3.05) is 18.5 Å². The first-order valence-corrected chi connectivity index (χ1v) is 9.75. The van der Waals surface area contributed by atoms with Gasteiger partial charge in [-0.05, 0) is 43.2 Å². The molecule has 0 saturated carbocycles. The van der Waals surface area contributed by atoms with E-state index in [4.69, 9.17) is 9.84 Å². The van der Waals surface area contributed by atoms with Crippen molar-refractivity contribution in [2.45, 2.75) is 25.9 Å². The fraction of sp³-hybridized carbons (Fsp3) is 0.300. The number of hydrogen-bond donors (Lipinski definition) is 2. The number of aliphatic hydroxyl groups is 1. The van der Waals surface area contributed by atoms with Gasteiger partial charge in [-0.15, -0.1) is 5.10 Å². The Morgan fingerprint density at radius 1 is 1.30 bits per heavy atom. The molecule has 0 aliphatic carbocycles. The van der Waals surface area contributed by atoms with E-state index in [2.05, 4.69) is 49.8 Å². The highest BCUT2D eigenvalue weighted by molar-refractivity contribution is 9.10. The maximum atomic E-state index is 8.95. The number of benzene rings is 2. The van der Waals surface area contributed by atoms with E-state index in [-0.39, 0.29) is 19.3 Å². The molecule has 2 aromatic carbocycles. The van der Waals surface area contributed by atoms with Crippen LogP contribution in [0, 0.1) is 6.92 Å². The van der Waals surface area contributed by atoms with Crippen LogP contribution in [0.3, 0.4) is 0 Å². The van der Waals surface area contributed by atoms with Gasteiger partial charge in [-0.2, -0.15) is 0 Å². The molecule has 0 saturated heterocycles. The summed E-state index contributed by atoms with van der Waals surface area (Å²) in [5.41, 5.74) is 5.38. The summed E-state index contributed by atoms with van der Waals surface area (Å²) < 4.78 is 8.57. The number of nitrogens with zero attached hydrogens (tertiary/aromatic N) is 3. The van der Waals surface area contributed by atoms with E-state index < -0.39 is 0 Å². The molecular formula is C20H21BrN4O2. The van der Waals surface area contributed by atoms with Crippen molar-refractivity contribution in [1.82, 2.24) is 15.0 Å². The largest absolute Gasteiger partial charge is 0.491 e. The van der Waals surface area contributed by atoms with Gasteiger partial charge >= 0.3 is 0 Å². The first-order chi connectivity index (χ1) is 13.2. The predicted octanol–water partition coefficient (Wildman–Crippen LogP) is 3.94. The maximum Gasteiger partial charge on any atom is 0.121 e. The molecule has 6 nitrogen and oxygen atoms in total. The second kappa shape index (κ2) is 7.70. The Kier molecular flexibility index (Phi) is 5.13. The van der Waals surface area contributed by atoms with E-state index in [0.717, 1.165) is 45.8 Å². The normalized spacial score (nSPS) is 15.6. The molecule has 1 unspecified atom stereocenters. The van der Waals surface area contributed by atoms with Crippen LogP contribution in [0.25, 0.3) is 11.3 Å². The van der Waals surface area contributed by atoms with E-state index in [9.17, 15) is 0 Å². The first kappa shape index (κ1) is 18.0. The van der Waals surface area contributed by atoms with Crippen molar-refractivity contribution in [3.63, 3.8) is 0 Å². The topological polar surface area (TPSA) is 72.2 Å².